The number of nitrogens with zero attached hydrogens (tertiary/aromatic N) is 1. The van der Waals surface area contributed by atoms with Gasteiger partial charge in [-0.15, -0.1) is 0 Å². The average Bonchev–Trinajstić information content (AvgIpc) is 2.71. The van der Waals surface area contributed by atoms with Gasteiger partial charge in [0.05, 0.1) is 19.0 Å². The van der Waals surface area contributed by atoms with Crippen LogP contribution in [0.1, 0.15) is 43.0 Å². The normalized spacial score (nSPS) is 11.5. The van der Waals surface area contributed by atoms with Gasteiger partial charge in [-0.25, -0.2) is 4.39 Å². The molecule has 0 saturated carbocycles. The Kier molecular flexibility index (Phi) is 8.53. The highest BCUT2D eigenvalue weighted by molar-refractivity contribution is 5.85. The van der Waals surface area contributed by atoms with Crippen molar-refractivity contribution in [2.45, 2.75) is 39.8 Å². The van der Waals surface area contributed by atoms with Gasteiger partial charge >= 0.3 is 0 Å². The van der Waals surface area contributed by atoms with Gasteiger partial charge in [-0.1, -0.05) is 42.0 Å². The Hall–Kier alpha value is -3.22. The summed E-state index contributed by atoms with van der Waals surface area (Å²) in [5.74, 6) is -1.10. The second-order valence-electron chi connectivity index (χ2n) is 7.18. The molecule has 3 amide bonds. The number of carbonyl (C=O) groups excluding carboxylic acids is 3. The molecule has 2 N–H and O–H groups in total. The smallest absolute Gasteiger partial charge is 0.239 e. The third-order valence-corrected chi connectivity index (χ3v) is 4.71. The molecule has 2 rings (SSSR count). The fourth-order valence-electron chi connectivity index (χ4n) is 3.01. The van der Waals surface area contributed by atoms with E-state index in [1.54, 1.807) is 19.1 Å². The number of nitrogens with one attached hydrogen (secondary N) is 2. The summed E-state index contributed by atoms with van der Waals surface area (Å²) < 4.78 is 13.0. The number of hydrogen-bond donors (Lipinski definition) is 2. The maximum absolute atomic E-state index is 13.0. The van der Waals surface area contributed by atoms with Crippen LogP contribution in [0, 0.1) is 12.7 Å². The van der Waals surface area contributed by atoms with Crippen molar-refractivity contribution in [2.75, 3.05) is 13.1 Å². The van der Waals surface area contributed by atoms with E-state index in [1.807, 2.05) is 31.2 Å². The number of carbonyl (C=O) groups is 3. The molecule has 160 valence electrons. The molecule has 0 bridgehead atoms. The zero-order valence-electron chi connectivity index (χ0n) is 17.6. The monoisotopic (exact) mass is 413 g/mol. The van der Waals surface area contributed by atoms with Crippen LogP contribution in [0.2, 0.25) is 0 Å². The number of benzene rings is 2. The minimum absolute atomic E-state index is 0.0573. The second kappa shape index (κ2) is 11.1. The Morgan fingerprint density at radius 1 is 1.03 bits per heavy atom. The van der Waals surface area contributed by atoms with Gasteiger partial charge in [0.2, 0.25) is 17.7 Å². The fraction of sp³-hybridized carbons (Fsp3) is 0.348. The van der Waals surface area contributed by atoms with Gasteiger partial charge in [-0.2, -0.15) is 0 Å². The van der Waals surface area contributed by atoms with Crippen LogP contribution in [0.5, 0.6) is 0 Å². The molecular weight excluding hydrogens is 385 g/mol. The maximum atomic E-state index is 13.0. The Balaban J connectivity index is 1.96. The summed E-state index contributed by atoms with van der Waals surface area (Å²) in [7, 11) is 0. The molecule has 0 aliphatic heterocycles. The highest BCUT2D eigenvalue weighted by atomic mass is 19.1. The van der Waals surface area contributed by atoms with Crippen LogP contribution in [-0.4, -0.2) is 35.7 Å². The summed E-state index contributed by atoms with van der Waals surface area (Å²) in [6, 6.07) is 13.0. The van der Waals surface area contributed by atoms with Crippen LogP contribution in [0.3, 0.4) is 0 Å². The van der Waals surface area contributed by atoms with E-state index in [9.17, 15) is 18.8 Å². The lowest BCUT2D eigenvalue weighted by atomic mass is 10.0. The third-order valence-electron chi connectivity index (χ3n) is 4.71. The molecule has 0 aliphatic rings. The molecule has 6 nitrogen and oxygen atoms in total. The molecule has 0 radical (unpaired) electrons. The lowest BCUT2D eigenvalue weighted by molar-refractivity contribution is -0.136. The number of halogens is 1. The second-order valence-corrected chi connectivity index (χ2v) is 7.18. The maximum Gasteiger partial charge on any atom is 0.239 e. The van der Waals surface area contributed by atoms with Crippen molar-refractivity contribution in [3.05, 3.63) is 71.0 Å². The molecule has 0 aromatic heterocycles. The molecule has 30 heavy (non-hydrogen) atoms. The van der Waals surface area contributed by atoms with Crippen molar-refractivity contribution in [1.29, 1.82) is 0 Å². The fourth-order valence-corrected chi connectivity index (χ4v) is 3.01. The number of hydrogen-bond acceptors (Lipinski definition) is 3. The number of rotatable bonds is 9. The summed E-state index contributed by atoms with van der Waals surface area (Å²) >= 11 is 0. The van der Waals surface area contributed by atoms with E-state index >= 15 is 0 Å². The summed E-state index contributed by atoms with van der Waals surface area (Å²) in [5.41, 5.74) is 2.69. The molecule has 0 aliphatic carbocycles. The van der Waals surface area contributed by atoms with Crippen molar-refractivity contribution in [2.24, 2.45) is 0 Å². The lowest BCUT2D eigenvalue weighted by Gasteiger charge is -2.24. The number of likely N-dealkylation sites (N-methyl/N-ethyl adjacent to an activating group) is 1. The van der Waals surface area contributed by atoms with E-state index in [0.717, 1.165) is 16.7 Å². The largest absolute Gasteiger partial charge is 0.350 e. The van der Waals surface area contributed by atoms with E-state index in [0.29, 0.717) is 6.54 Å². The van der Waals surface area contributed by atoms with Crippen molar-refractivity contribution in [3.8, 4) is 0 Å². The minimum atomic E-state index is -0.466. The van der Waals surface area contributed by atoms with Gasteiger partial charge in [-0.3, -0.25) is 14.4 Å². The quantitative estimate of drug-likeness (QED) is 0.664. The average molecular weight is 413 g/mol. The Morgan fingerprint density at radius 2 is 1.67 bits per heavy atom. The molecule has 0 heterocycles. The summed E-state index contributed by atoms with van der Waals surface area (Å²) in [6.07, 6.45) is 0.0573. The molecule has 0 saturated heterocycles. The third kappa shape index (κ3) is 7.31. The van der Waals surface area contributed by atoms with Crippen LogP contribution in [0.25, 0.3) is 0 Å². The number of aryl methyl sites for hydroxylation is 1. The van der Waals surface area contributed by atoms with Crippen molar-refractivity contribution < 1.29 is 18.8 Å². The summed E-state index contributed by atoms with van der Waals surface area (Å²) in [6.45, 7) is 5.70. The first kappa shape index (κ1) is 23.1. The molecular formula is C23H28FN3O3. The molecule has 2 aromatic rings. The van der Waals surface area contributed by atoms with Crippen LogP contribution < -0.4 is 10.6 Å². The van der Waals surface area contributed by atoms with E-state index in [2.05, 4.69) is 10.6 Å². The highest BCUT2D eigenvalue weighted by Gasteiger charge is 2.22. The molecule has 1 unspecified atom stereocenters. The van der Waals surface area contributed by atoms with E-state index in [1.165, 1.54) is 24.0 Å². The predicted octanol–water partition coefficient (Wildman–Crippen LogP) is 2.87. The first-order valence-corrected chi connectivity index (χ1v) is 9.91. The standard InChI is InChI=1S/C23H28FN3O3/c1-4-27(15-22(29)25-14-18-7-11-20(24)12-8-18)23(30)13-21(26-17(3)28)19-9-5-16(2)6-10-19/h5-12,21H,4,13-15H2,1-3H3,(H,25,29)(H,26,28). The van der Waals surface area contributed by atoms with E-state index in [4.69, 9.17) is 0 Å². The van der Waals surface area contributed by atoms with Crippen molar-refractivity contribution >= 4 is 17.7 Å². The highest BCUT2D eigenvalue weighted by Crippen LogP contribution is 2.19. The van der Waals surface area contributed by atoms with Crippen LogP contribution in [-0.2, 0) is 20.9 Å². The Labute approximate surface area is 176 Å². The molecule has 0 fully saturated rings. The Bertz CT molecular complexity index is 866. The molecule has 7 heteroatoms. The molecule has 2 aromatic carbocycles. The lowest BCUT2D eigenvalue weighted by Crippen LogP contribution is -2.42. The van der Waals surface area contributed by atoms with Gasteiger partial charge in [0.15, 0.2) is 0 Å². The first-order valence-electron chi connectivity index (χ1n) is 9.91. The summed E-state index contributed by atoms with van der Waals surface area (Å²) in [5, 5.41) is 5.55. The molecule has 0 spiro atoms. The van der Waals surface area contributed by atoms with Crippen LogP contribution in [0.15, 0.2) is 48.5 Å². The van der Waals surface area contributed by atoms with Gasteiger partial charge in [-0.05, 0) is 37.1 Å². The summed E-state index contributed by atoms with van der Waals surface area (Å²) in [4.78, 5) is 38.1. The minimum Gasteiger partial charge on any atom is -0.350 e. The molecule has 1 atom stereocenters. The van der Waals surface area contributed by atoms with E-state index < -0.39 is 6.04 Å². The van der Waals surface area contributed by atoms with Gasteiger partial charge in [0.1, 0.15) is 5.82 Å². The van der Waals surface area contributed by atoms with Crippen LogP contribution in [0.4, 0.5) is 4.39 Å². The van der Waals surface area contributed by atoms with Gasteiger partial charge < -0.3 is 15.5 Å². The van der Waals surface area contributed by atoms with Gasteiger partial charge in [0.25, 0.3) is 0 Å². The van der Waals surface area contributed by atoms with Crippen LogP contribution >= 0.6 is 0 Å². The zero-order valence-corrected chi connectivity index (χ0v) is 17.6. The first-order chi connectivity index (χ1) is 14.3. The SMILES string of the molecule is CCN(CC(=O)NCc1ccc(F)cc1)C(=O)CC(NC(C)=O)c1ccc(C)cc1. The van der Waals surface area contributed by atoms with E-state index in [-0.39, 0.29) is 43.0 Å². The van der Waals surface area contributed by atoms with Crippen molar-refractivity contribution in [1.82, 2.24) is 15.5 Å². The topological polar surface area (TPSA) is 78.5 Å². The number of amides is 3. The van der Waals surface area contributed by atoms with Crippen molar-refractivity contribution in [3.63, 3.8) is 0 Å². The Morgan fingerprint density at radius 3 is 2.23 bits per heavy atom. The predicted molar refractivity (Wildman–Crippen MR) is 113 cm³/mol. The zero-order chi connectivity index (χ0) is 22.1. The van der Waals surface area contributed by atoms with Gasteiger partial charge in [0, 0.05) is 20.0 Å².